The number of rotatable bonds is 9. The second-order valence-electron chi connectivity index (χ2n) is 8.75. The highest BCUT2D eigenvalue weighted by Crippen LogP contribution is 2.30. The van der Waals surface area contributed by atoms with Crippen LogP contribution >= 0.6 is 11.8 Å². The highest BCUT2D eigenvalue weighted by atomic mass is 32.2. The number of hydrogen-bond acceptors (Lipinski definition) is 5. The van der Waals surface area contributed by atoms with E-state index < -0.39 is 12.1 Å². The zero-order valence-corrected chi connectivity index (χ0v) is 20.0. The zero-order chi connectivity index (χ0) is 22.9. The molecule has 0 radical (unpaired) electrons. The minimum atomic E-state index is -0.572. The predicted octanol–water partition coefficient (Wildman–Crippen LogP) is 1.92. The molecule has 1 heterocycles. The molecule has 3 amide bonds. The summed E-state index contributed by atoms with van der Waals surface area (Å²) in [5.74, 6) is 0.777. The molecule has 2 fully saturated rings. The molecule has 1 aromatic carbocycles. The number of hydrogen-bond donors (Lipinski definition) is 3. The van der Waals surface area contributed by atoms with E-state index in [-0.39, 0.29) is 29.7 Å². The van der Waals surface area contributed by atoms with Crippen molar-refractivity contribution in [2.24, 2.45) is 5.92 Å². The Hall–Kier alpha value is -2.06. The van der Waals surface area contributed by atoms with Gasteiger partial charge in [-0.05, 0) is 44.7 Å². The number of amides is 3. The molecule has 2 aliphatic rings. The largest absolute Gasteiger partial charge is 0.354 e. The molecule has 1 aliphatic heterocycles. The van der Waals surface area contributed by atoms with Crippen LogP contribution < -0.4 is 16.0 Å². The average Bonchev–Trinajstić information content (AvgIpc) is 3.33. The van der Waals surface area contributed by atoms with Gasteiger partial charge in [0.25, 0.3) is 0 Å². The summed E-state index contributed by atoms with van der Waals surface area (Å²) >= 11 is 1.59. The summed E-state index contributed by atoms with van der Waals surface area (Å²) in [6.07, 6.45) is 5.93. The van der Waals surface area contributed by atoms with E-state index in [2.05, 4.69) is 16.0 Å². The maximum atomic E-state index is 13.6. The van der Waals surface area contributed by atoms with Gasteiger partial charge in [0.2, 0.25) is 17.7 Å². The van der Waals surface area contributed by atoms with Gasteiger partial charge in [0.1, 0.15) is 12.1 Å². The van der Waals surface area contributed by atoms with Crippen molar-refractivity contribution < 1.29 is 14.4 Å². The molecule has 8 heteroatoms. The molecule has 32 heavy (non-hydrogen) atoms. The third-order valence-corrected chi connectivity index (χ3v) is 7.55. The van der Waals surface area contributed by atoms with E-state index in [1.807, 2.05) is 30.3 Å². The van der Waals surface area contributed by atoms with Crippen molar-refractivity contribution in [1.29, 1.82) is 0 Å². The van der Waals surface area contributed by atoms with E-state index in [0.29, 0.717) is 18.2 Å². The molecule has 3 rings (SSSR count). The maximum Gasteiger partial charge on any atom is 0.246 e. The van der Waals surface area contributed by atoms with Crippen LogP contribution in [0.2, 0.25) is 0 Å². The molecule has 3 atom stereocenters. The topological polar surface area (TPSA) is 90.5 Å². The van der Waals surface area contributed by atoms with Gasteiger partial charge in [-0.2, -0.15) is 0 Å². The van der Waals surface area contributed by atoms with Crippen LogP contribution in [0, 0.1) is 5.92 Å². The smallest absolute Gasteiger partial charge is 0.246 e. The van der Waals surface area contributed by atoms with Crippen LogP contribution in [-0.2, 0) is 20.8 Å². The summed E-state index contributed by atoms with van der Waals surface area (Å²) in [6.45, 7) is 2.32. The summed E-state index contributed by atoms with van der Waals surface area (Å²) < 4.78 is 0. The molecular formula is C24H36N4O3S. The highest BCUT2D eigenvalue weighted by molar-refractivity contribution is 7.99. The first kappa shape index (κ1) is 24.6. The zero-order valence-electron chi connectivity index (χ0n) is 19.1. The Morgan fingerprint density at radius 1 is 1.12 bits per heavy atom. The number of benzene rings is 1. The summed E-state index contributed by atoms with van der Waals surface area (Å²) in [5.41, 5.74) is 1.17. The van der Waals surface area contributed by atoms with Gasteiger partial charge in [-0.1, -0.05) is 49.6 Å². The van der Waals surface area contributed by atoms with Gasteiger partial charge < -0.3 is 20.9 Å². The highest BCUT2D eigenvalue weighted by Gasteiger charge is 2.41. The summed E-state index contributed by atoms with van der Waals surface area (Å²) in [6, 6.07) is 8.58. The Bertz CT molecular complexity index is 770. The van der Waals surface area contributed by atoms with Crippen LogP contribution in [0.15, 0.2) is 30.3 Å². The van der Waals surface area contributed by atoms with Crippen LogP contribution in [0.25, 0.3) is 0 Å². The van der Waals surface area contributed by atoms with E-state index in [4.69, 9.17) is 0 Å². The quantitative estimate of drug-likeness (QED) is 0.524. The van der Waals surface area contributed by atoms with E-state index in [0.717, 1.165) is 32.1 Å². The Morgan fingerprint density at radius 3 is 2.53 bits per heavy atom. The third kappa shape index (κ3) is 6.48. The SMILES string of the molecule is CN[C@@H](C)C(=O)N[C@@H](C(=O)N1CSC[C@H]1C(=O)NCCc1ccccc1)C1CCCCC1. The second kappa shape index (κ2) is 12.3. The van der Waals surface area contributed by atoms with Crippen molar-refractivity contribution in [3.63, 3.8) is 0 Å². The summed E-state index contributed by atoms with van der Waals surface area (Å²) in [4.78, 5) is 40.8. The van der Waals surface area contributed by atoms with Crippen molar-refractivity contribution >= 4 is 29.5 Å². The van der Waals surface area contributed by atoms with Crippen LogP contribution in [0.5, 0.6) is 0 Å². The lowest BCUT2D eigenvalue weighted by Gasteiger charge is -2.34. The fourth-order valence-corrected chi connectivity index (χ4v) is 5.57. The molecule has 7 nitrogen and oxygen atoms in total. The van der Waals surface area contributed by atoms with E-state index in [1.54, 1.807) is 30.6 Å². The van der Waals surface area contributed by atoms with Crippen LogP contribution in [-0.4, -0.2) is 66.0 Å². The second-order valence-corrected chi connectivity index (χ2v) is 9.74. The lowest BCUT2D eigenvalue weighted by Crippen LogP contribution is -2.58. The van der Waals surface area contributed by atoms with Crippen LogP contribution in [0.1, 0.15) is 44.6 Å². The van der Waals surface area contributed by atoms with E-state index in [9.17, 15) is 14.4 Å². The molecule has 1 aromatic rings. The van der Waals surface area contributed by atoms with Crippen molar-refractivity contribution in [2.75, 3.05) is 25.2 Å². The van der Waals surface area contributed by atoms with Crippen molar-refractivity contribution in [3.05, 3.63) is 35.9 Å². The molecule has 1 saturated carbocycles. The maximum absolute atomic E-state index is 13.6. The molecule has 1 aliphatic carbocycles. The number of carbonyl (C=O) groups is 3. The minimum absolute atomic E-state index is 0.114. The summed E-state index contributed by atoms with van der Waals surface area (Å²) in [7, 11) is 1.73. The first-order valence-electron chi connectivity index (χ1n) is 11.7. The number of likely N-dealkylation sites (N-methyl/N-ethyl adjacent to an activating group) is 1. The van der Waals surface area contributed by atoms with Gasteiger partial charge >= 0.3 is 0 Å². The molecule has 1 saturated heterocycles. The number of nitrogens with zero attached hydrogens (tertiary/aromatic N) is 1. The van der Waals surface area contributed by atoms with Crippen molar-refractivity contribution in [2.45, 2.75) is 63.6 Å². The molecule has 0 aromatic heterocycles. The summed E-state index contributed by atoms with van der Waals surface area (Å²) in [5, 5.41) is 8.95. The van der Waals surface area contributed by atoms with Crippen molar-refractivity contribution in [3.8, 4) is 0 Å². The van der Waals surface area contributed by atoms with Gasteiger partial charge in [0.05, 0.1) is 11.9 Å². The van der Waals surface area contributed by atoms with E-state index >= 15 is 0 Å². The molecule has 0 unspecified atom stereocenters. The molecule has 0 bridgehead atoms. The van der Waals surface area contributed by atoms with Gasteiger partial charge in [0.15, 0.2) is 0 Å². The van der Waals surface area contributed by atoms with Gasteiger partial charge in [0, 0.05) is 12.3 Å². The number of thioether (sulfide) groups is 1. The first-order valence-corrected chi connectivity index (χ1v) is 12.8. The predicted molar refractivity (Wildman–Crippen MR) is 128 cm³/mol. The van der Waals surface area contributed by atoms with Crippen LogP contribution in [0.4, 0.5) is 0 Å². The Balaban J connectivity index is 1.64. The lowest BCUT2D eigenvalue weighted by molar-refractivity contribution is -0.142. The Kier molecular flexibility index (Phi) is 9.41. The average molecular weight is 461 g/mol. The first-order chi connectivity index (χ1) is 15.5. The molecule has 176 valence electrons. The molecule has 3 N–H and O–H groups in total. The molecule has 0 spiro atoms. The van der Waals surface area contributed by atoms with E-state index in [1.165, 1.54) is 12.0 Å². The van der Waals surface area contributed by atoms with Crippen molar-refractivity contribution in [1.82, 2.24) is 20.9 Å². The van der Waals surface area contributed by atoms with Crippen LogP contribution in [0.3, 0.4) is 0 Å². The normalized spacial score (nSPS) is 21.1. The molecular weight excluding hydrogens is 424 g/mol. The van der Waals surface area contributed by atoms with Gasteiger partial charge in [-0.3, -0.25) is 14.4 Å². The number of carbonyl (C=O) groups excluding carboxylic acids is 3. The monoisotopic (exact) mass is 460 g/mol. The van der Waals surface area contributed by atoms with Gasteiger partial charge in [-0.15, -0.1) is 11.8 Å². The fraction of sp³-hybridized carbons (Fsp3) is 0.625. The fourth-order valence-electron chi connectivity index (χ4n) is 4.41. The standard InChI is InChI=1S/C24H36N4O3S/c1-17(25-2)22(29)27-21(19-11-7-4-8-12-19)24(31)28-16-32-15-20(28)23(30)26-14-13-18-9-5-3-6-10-18/h3,5-6,9-10,17,19-21,25H,4,7-8,11-16H2,1-2H3,(H,26,30)(H,27,29)/t17-,20-,21+/m0/s1. The number of nitrogens with one attached hydrogen (secondary N) is 3. The third-order valence-electron chi connectivity index (χ3n) is 6.54. The lowest BCUT2D eigenvalue weighted by atomic mass is 9.83. The Labute approximate surface area is 195 Å². The minimum Gasteiger partial charge on any atom is -0.354 e. The Morgan fingerprint density at radius 2 is 1.84 bits per heavy atom. The van der Waals surface area contributed by atoms with Gasteiger partial charge in [-0.25, -0.2) is 0 Å².